The summed E-state index contributed by atoms with van der Waals surface area (Å²) >= 11 is 5.95. The Hall–Kier alpha value is -1.61. The Morgan fingerprint density at radius 2 is 2.17 bits per heavy atom. The summed E-state index contributed by atoms with van der Waals surface area (Å²) in [6.45, 7) is 1.90. The van der Waals surface area contributed by atoms with Crippen molar-refractivity contribution in [3.05, 3.63) is 52.1 Å². The van der Waals surface area contributed by atoms with Gasteiger partial charge < -0.3 is 4.57 Å². The molecule has 1 aromatic carbocycles. The summed E-state index contributed by atoms with van der Waals surface area (Å²) in [7, 11) is 1.93. The van der Waals surface area contributed by atoms with E-state index in [1.165, 1.54) is 5.56 Å². The third-order valence-electron chi connectivity index (χ3n) is 3.12. The highest BCUT2D eigenvalue weighted by atomic mass is 35.5. The number of rotatable bonds is 4. The van der Waals surface area contributed by atoms with Crippen LogP contribution >= 0.6 is 11.6 Å². The number of hydrogen-bond donors (Lipinski definition) is 0. The van der Waals surface area contributed by atoms with E-state index < -0.39 is 0 Å². The Labute approximate surface area is 111 Å². The molecule has 1 heterocycles. The van der Waals surface area contributed by atoms with Gasteiger partial charge >= 0.3 is 0 Å². The summed E-state index contributed by atoms with van der Waals surface area (Å²) in [5.41, 5.74) is 2.68. The third kappa shape index (κ3) is 2.62. The van der Waals surface area contributed by atoms with Crippen LogP contribution in [0.15, 0.2) is 24.3 Å². The molecular formula is C14H15ClN2O. The average molecular weight is 263 g/mol. The molecule has 0 saturated heterocycles. The number of hydrogen-bond acceptors (Lipinski definition) is 2. The fraction of sp³-hybridized carbons (Fsp3) is 0.286. The van der Waals surface area contributed by atoms with Crippen LogP contribution in [0.4, 0.5) is 0 Å². The van der Waals surface area contributed by atoms with Crippen molar-refractivity contribution in [3.63, 3.8) is 0 Å². The van der Waals surface area contributed by atoms with Gasteiger partial charge in [-0.25, -0.2) is 4.98 Å². The average Bonchev–Trinajstić information content (AvgIpc) is 2.63. The van der Waals surface area contributed by atoms with Crippen LogP contribution < -0.4 is 0 Å². The van der Waals surface area contributed by atoms with Gasteiger partial charge in [-0.05, 0) is 37.5 Å². The molecule has 0 bridgehead atoms. The Morgan fingerprint density at radius 3 is 2.83 bits per heavy atom. The van der Waals surface area contributed by atoms with E-state index in [0.717, 1.165) is 35.7 Å². The molecule has 3 nitrogen and oxygen atoms in total. The molecule has 0 aliphatic rings. The zero-order valence-electron chi connectivity index (χ0n) is 10.5. The SMILES string of the molecule is Cc1nc(C=O)c(CCc2cccc(Cl)c2)n1C. The highest BCUT2D eigenvalue weighted by Crippen LogP contribution is 2.15. The number of carbonyl (C=O) groups is 1. The number of aromatic nitrogens is 2. The topological polar surface area (TPSA) is 34.9 Å². The molecule has 2 rings (SSSR count). The van der Waals surface area contributed by atoms with Crippen LogP contribution in [0.3, 0.4) is 0 Å². The first kappa shape index (κ1) is 12.8. The Kier molecular flexibility index (Phi) is 3.82. The number of carbonyl (C=O) groups excluding carboxylic acids is 1. The Balaban J connectivity index is 2.17. The first-order valence-electron chi connectivity index (χ1n) is 5.83. The Bertz CT molecular complexity index is 575. The summed E-state index contributed by atoms with van der Waals surface area (Å²) in [5.74, 6) is 0.859. The van der Waals surface area contributed by atoms with Gasteiger partial charge in [-0.2, -0.15) is 0 Å². The molecule has 1 aromatic heterocycles. The van der Waals surface area contributed by atoms with Gasteiger partial charge in [0, 0.05) is 17.8 Å². The first-order valence-corrected chi connectivity index (χ1v) is 6.21. The van der Waals surface area contributed by atoms with Crippen molar-refractivity contribution < 1.29 is 4.79 Å². The number of imidazole rings is 1. The lowest BCUT2D eigenvalue weighted by molar-refractivity contribution is 0.111. The molecule has 0 fully saturated rings. The lowest BCUT2D eigenvalue weighted by Gasteiger charge is -2.05. The molecule has 0 atom stereocenters. The van der Waals surface area contributed by atoms with Gasteiger partial charge in [0.05, 0.1) is 0 Å². The highest BCUT2D eigenvalue weighted by molar-refractivity contribution is 6.30. The summed E-state index contributed by atoms with van der Waals surface area (Å²) in [5, 5.41) is 0.740. The lowest BCUT2D eigenvalue weighted by Crippen LogP contribution is -2.02. The van der Waals surface area contributed by atoms with Gasteiger partial charge in [0.2, 0.25) is 0 Å². The zero-order chi connectivity index (χ0) is 13.1. The van der Waals surface area contributed by atoms with Crippen LogP contribution in [0.5, 0.6) is 0 Å². The van der Waals surface area contributed by atoms with E-state index in [1.54, 1.807) is 0 Å². The summed E-state index contributed by atoms with van der Waals surface area (Å²) in [6.07, 6.45) is 2.45. The summed E-state index contributed by atoms with van der Waals surface area (Å²) < 4.78 is 1.97. The largest absolute Gasteiger partial charge is 0.335 e. The van der Waals surface area contributed by atoms with E-state index in [0.29, 0.717) is 5.69 Å². The van der Waals surface area contributed by atoms with Crippen molar-refractivity contribution in [1.29, 1.82) is 0 Å². The van der Waals surface area contributed by atoms with Gasteiger partial charge in [-0.1, -0.05) is 23.7 Å². The molecule has 2 aromatic rings. The second-order valence-electron chi connectivity index (χ2n) is 4.30. The second-order valence-corrected chi connectivity index (χ2v) is 4.73. The predicted molar refractivity (Wildman–Crippen MR) is 72.2 cm³/mol. The fourth-order valence-corrected chi connectivity index (χ4v) is 2.24. The van der Waals surface area contributed by atoms with Crippen LogP contribution in [0.1, 0.15) is 27.6 Å². The quantitative estimate of drug-likeness (QED) is 0.794. The monoisotopic (exact) mass is 262 g/mol. The maximum absolute atomic E-state index is 11.0. The van der Waals surface area contributed by atoms with Gasteiger partial charge in [0.25, 0.3) is 0 Å². The minimum absolute atomic E-state index is 0.539. The number of aldehydes is 1. The number of aryl methyl sites for hydroxylation is 2. The smallest absolute Gasteiger partial charge is 0.170 e. The minimum Gasteiger partial charge on any atom is -0.335 e. The molecule has 0 radical (unpaired) electrons. The normalized spacial score (nSPS) is 10.6. The van der Waals surface area contributed by atoms with E-state index in [9.17, 15) is 4.79 Å². The standard InChI is InChI=1S/C14H15ClN2O/c1-10-16-13(9-18)14(17(10)2)7-6-11-4-3-5-12(15)8-11/h3-5,8-9H,6-7H2,1-2H3. The van der Waals surface area contributed by atoms with Crippen LogP contribution in [0, 0.1) is 6.92 Å². The Morgan fingerprint density at radius 1 is 1.39 bits per heavy atom. The van der Waals surface area contributed by atoms with Crippen molar-refractivity contribution in [2.75, 3.05) is 0 Å². The number of halogens is 1. The number of nitrogens with zero attached hydrogens (tertiary/aromatic N) is 2. The van der Waals surface area contributed by atoms with E-state index in [-0.39, 0.29) is 0 Å². The van der Waals surface area contributed by atoms with Crippen molar-refractivity contribution >= 4 is 17.9 Å². The molecule has 18 heavy (non-hydrogen) atoms. The third-order valence-corrected chi connectivity index (χ3v) is 3.35. The van der Waals surface area contributed by atoms with Crippen molar-refractivity contribution in [3.8, 4) is 0 Å². The molecule has 94 valence electrons. The first-order chi connectivity index (χ1) is 8.61. The number of benzene rings is 1. The van der Waals surface area contributed by atoms with Crippen molar-refractivity contribution in [2.24, 2.45) is 7.05 Å². The molecule has 0 saturated carbocycles. The summed E-state index contributed by atoms with van der Waals surface area (Å²) in [6, 6.07) is 7.78. The maximum atomic E-state index is 11.0. The second kappa shape index (κ2) is 5.36. The van der Waals surface area contributed by atoms with Crippen molar-refractivity contribution in [2.45, 2.75) is 19.8 Å². The molecule has 0 N–H and O–H groups in total. The molecule has 0 amide bonds. The molecule has 0 aliphatic heterocycles. The molecular weight excluding hydrogens is 248 g/mol. The van der Waals surface area contributed by atoms with Gasteiger partial charge in [-0.15, -0.1) is 0 Å². The van der Waals surface area contributed by atoms with Gasteiger partial charge in [-0.3, -0.25) is 4.79 Å². The van der Waals surface area contributed by atoms with Crippen LogP contribution in [0.2, 0.25) is 5.02 Å². The molecule has 0 spiro atoms. The van der Waals surface area contributed by atoms with Crippen LogP contribution in [-0.2, 0) is 19.9 Å². The van der Waals surface area contributed by atoms with Crippen LogP contribution in [0.25, 0.3) is 0 Å². The zero-order valence-corrected chi connectivity index (χ0v) is 11.2. The van der Waals surface area contributed by atoms with Gasteiger partial charge in [0.1, 0.15) is 11.5 Å². The van der Waals surface area contributed by atoms with E-state index >= 15 is 0 Å². The highest BCUT2D eigenvalue weighted by Gasteiger charge is 2.11. The molecule has 0 aliphatic carbocycles. The van der Waals surface area contributed by atoms with Gasteiger partial charge in [0.15, 0.2) is 6.29 Å². The van der Waals surface area contributed by atoms with E-state index in [4.69, 9.17) is 11.6 Å². The van der Waals surface area contributed by atoms with Crippen molar-refractivity contribution in [1.82, 2.24) is 9.55 Å². The molecule has 0 unspecified atom stereocenters. The minimum atomic E-state index is 0.539. The summed E-state index contributed by atoms with van der Waals surface area (Å²) in [4.78, 5) is 15.2. The predicted octanol–water partition coefficient (Wildman–Crippen LogP) is 2.98. The van der Waals surface area contributed by atoms with E-state index in [1.807, 2.05) is 42.8 Å². The van der Waals surface area contributed by atoms with E-state index in [2.05, 4.69) is 4.98 Å². The molecule has 4 heteroatoms. The maximum Gasteiger partial charge on any atom is 0.170 e. The fourth-order valence-electron chi connectivity index (χ4n) is 2.03. The lowest BCUT2D eigenvalue weighted by atomic mass is 10.1. The van der Waals surface area contributed by atoms with Crippen LogP contribution in [-0.4, -0.2) is 15.8 Å².